The summed E-state index contributed by atoms with van der Waals surface area (Å²) in [6.07, 6.45) is -0.277. The van der Waals surface area contributed by atoms with Crippen LogP contribution >= 0.6 is 24.0 Å². The maximum atomic E-state index is 10.3. The van der Waals surface area contributed by atoms with E-state index in [9.17, 15) is 4.79 Å². The van der Waals surface area contributed by atoms with E-state index in [2.05, 4.69) is 4.74 Å². The average molecular weight is 251 g/mol. The molecular weight excluding hydrogens is 239 g/mol. The third-order valence-corrected chi connectivity index (χ3v) is 2.09. The highest BCUT2D eigenvalue weighted by Crippen LogP contribution is 2.22. The lowest BCUT2D eigenvalue weighted by atomic mass is 10.1. The molecule has 1 aromatic carbocycles. The Kier molecular flexibility index (Phi) is 5.89. The fraction of sp³-hybridized carbons (Fsp3) is 0.222. The summed E-state index contributed by atoms with van der Waals surface area (Å²) in [4.78, 5) is 10.3. The van der Waals surface area contributed by atoms with Gasteiger partial charge in [-0.2, -0.15) is 0 Å². The van der Waals surface area contributed by atoms with Crippen molar-refractivity contribution >= 4 is 35.8 Å². The van der Waals surface area contributed by atoms with Crippen LogP contribution in [0, 0.1) is 0 Å². The van der Waals surface area contributed by atoms with Crippen molar-refractivity contribution in [3.63, 3.8) is 0 Å². The second-order valence-electron chi connectivity index (χ2n) is 2.73. The second-order valence-corrected chi connectivity index (χ2v) is 3.14. The van der Waals surface area contributed by atoms with Crippen molar-refractivity contribution in [3.8, 4) is 0 Å². The first-order valence-electron chi connectivity index (χ1n) is 4.06. The van der Waals surface area contributed by atoms with Crippen molar-refractivity contribution in [1.29, 1.82) is 0 Å². The van der Waals surface area contributed by atoms with E-state index in [1.165, 1.54) is 0 Å². The standard InChI is InChI=1S/C9H11ClN2O2.ClH/c10-7-3-1-2-6(8(7)11)4-5-14-9(12)13;/h1-3H,4-5,11H2,(H2,12,13);1H. The smallest absolute Gasteiger partial charge is 0.404 e. The first kappa shape index (κ1) is 13.9. The van der Waals surface area contributed by atoms with Crippen LogP contribution in [-0.2, 0) is 11.2 Å². The molecule has 0 saturated carbocycles. The molecule has 0 heterocycles. The molecule has 0 aliphatic heterocycles. The highest BCUT2D eigenvalue weighted by molar-refractivity contribution is 6.33. The highest BCUT2D eigenvalue weighted by Gasteiger charge is 2.03. The predicted octanol–water partition coefficient (Wildman–Crippen LogP) is 1.98. The molecule has 1 aromatic rings. The molecule has 1 amide bonds. The maximum absolute atomic E-state index is 10.3. The minimum Gasteiger partial charge on any atom is -0.449 e. The fourth-order valence-corrected chi connectivity index (χ4v) is 1.26. The summed E-state index contributed by atoms with van der Waals surface area (Å²) < 4.78 is 4.58. The number of rotatable bonds is 3. The zero-order valence-corrected chi connectivity index (χ0v) is 9.48. The second kappa shape index (κ2) is 6.37. The van der Waals surface area contributed by atoms with Crippen molar-refractivity contribution in [2.24, 2.45) is 5.73 Å². The normalized spacial score (nSPS) is 9.13. The number of nitrogens with two attached hydrogens (primary N) is 2. The van der Waals surface area contributed by atoms with Gasteiger partial charge in [0.2, 0.25) is 0 Å². The van der Waals surface area contributed by atoms with Crippen molar-refractivity contribution in [1.82, 2.24) is 0 Å². The summed E-state index contributed by atoms with van der Waals surface area (Å²) in [6.45, 7) is 0.208. The summed E-state index contributed by atoms with van der Waals surface area (Å²) in [7, 11) is 0. The molecule has 0 fully saturated rings. The van der Waals surface area contributed by atoms with E-state index in [4.69, 9.17) is 23.1 Å². The van der Waals surface area contributed by atoms with Crippen LogP contribution < -0.4 is 11.5 Å². The molecule has 0 atom stereocenters. The molecule has 0 aromatic heterocycles. The lowest BCUT2D eigenvalue weighted by molar-refractivity contribution is 0.158. The van der Waals surface area contributed by atoms with Gasteiger partial charge in [0, 0.05) is 6.42 Å². The number of primary amides is 1. The first-order chi connectivity index (χ1) is 6.61. The first-order valence-corrected chi connectivity index (χ1v) is 4.44. The third kappa shape index (κ3) is 4.27. The molecule has 15 heavy (non-hydrogen) atoms. The number of carbonyl (C=O) groups excluding carboxylic acids is 1. The number of ether oxygens (including phenoxy) is 1. The molecule has 0 bridgehead atoms. The summed E-state index contributed by atoms with van der Waals surface area (Å²) in [5.74, 6) is 0. The van der Waals surface area contributed by atoms with Crippen LogP contribution in [0.1, 0.15) is 5.56 Å². The van der Waals surface area contributed by atoms with Gasteiger partial charge in [0.1, 0.15) is 0 Å². The van der Waals surface area contributed by atoms with Gasteiger partial charge in [0.15, 0.2) is 0 Å². The molecular formula is C9H12Cl2N2O2. The van der Waals surface area contributed by atoms with Gasteiger partial charge in [-0.3, -0.25) is 0 Å². The Balaban J connectivity index is 0.00000196. The van der Waals surface area contributed by atoms with Crippen LogP contribution in [0.2, 0.25) is 5.02 Å². The van der Waals surface area contributed by atoms with Gasteiger partial charge in [-0.1, -0.05) is 23.7 Å². The van der Waals surface area contributed by atoms with E-state index >= 15 is 0 Å². The van der Waals surface area contributed by atoms with Crippen molar-refractivity contribution in [2.45, 2.75) is 6.42 Å². The number of halogens is 2. The Labute approximate surface area is 98.9 Å². The lowest BCUT2D eigenvalue weighted by Gasteiger charge is -2.06. The number of hydrogen-bond donors (Lipinski definition) is 2. The summed E-state index contributed by atoms with van der Waals surface area (Å²) >= 11 is 5.80. The van der Waals surface area contributed by atoms with Gasteiger partial charge in [0.25, 0.3) is 0 Å². The highest BCUT2D eigenvalue weighted by atomic mass is 35.5. The third-order valence-electron chi connectivity index (χ3n) is 1.76. The molecule has 0 radical (unpaired) electrons. The van der Waals surface area contributed by atoms with E-state index in [-0.39, 0.29) is 19.0 Å². The topological polar surface area (TPSA) is 78.3 Å². The van der Waals surface area contributed by atoms with Gasteiger partial charge in [-0.05, 0) is 11.6 Å². The molecule has 0 aliphatic carbocycles. The number of nitrogen functional groups attached to an aromatic ring is 1. The van der Waals surface area contributed by atoms with Crippen LogP contribution in [0.15, 0.2) is 18.2 Å². The molecule has 0 aliphatic rings. The fourth-order valence-electron chi connectivity index (χ4n) is 1.06. The molecule has 6 heteroatoms. The lowest BCUT2D eigenvalue weighted by Crippen LogP contribution is -2.15. The zero-order chi connectivity index (χ0) is 10.6. The average Bonchev–Trinajstić information content (AvgIpc) is 2.12. The van der Waals surface area contributed by atoms with Crippen molar-refractivity contribution < 1.29 is 9.53 Å². The van der Waals surface area contributed by atoms with E-state index in [1.54, 1.807) is 12.1 Å². The Morgan fingerprint density at radius 2 is 2.13 bits per heavy atom. The predicted molar refractivity (Wildman–Crippen MR) is 62.4 cm³/mol. The molecule has 0 saturated heterocycles. The number of anilines is 1. The molecule has 0 spiro atoms. The molecule has 84 valence electrons. The van der Waals surface area contributed by atoms with Crippen LogP contribution in [-0.4, -0.2) is 12.7 Å². The van der Waals surface area contributed by atoms with Crippen molar-refractivity contribution in [2.75, 3.05) is 12.3 Å². The Morgan fingerprint density at radius 3 is 2.73 bits per heavy atom. The monoisotopic (exact) mass is 250 g/mol. The van der Waals surface area contributed by atoms with E-state index in [0.717, 1.165) is 5.56 Å². The maximum Gasteiger partial charge on any atom is 0.404 e. The van der Waals surface area contributed by atoms with Crippen LogP contribution in [0.4, 0.5) is 10.5 Å². The van der Waals surface area contributed by atoms with Gasteiger partial charge in [-0.15, -0.1) is 12.4 Å². The van der Waals surface area contributed by atoms with Gasteiger partial charge in [-0.25, -0.2) is 4.79 Å². The Hall–Kier alpha value is -1.13. The van der Waals surface area contributed by atoms with Gasteiger partial charge in [0.05, 0.1) is 17.3 Å². The Morgan fingerprint density at radius 1 is 1.47 bits per heavy atom. The molecule has 4 N–H and O–H groups in total. The number of amides is 1. The van der Waals surface area contributed by atoms with Gasteiger partial charge >= 0.3 is 6.09 Å². The zero-order valence-electron chi connectivity index (χ0n) is 7.90. The SMILES string of the molecule is Cl.NC(=O)OCCc1cccc(Cl)c1N. The number of para-hydroxylation sites is 1. The summed E-state index contributed by atoms with van der Waals surface area (Å²) in [5, 5.41) is 0.501. The minimum absolute atomic E-state index is 0. The van der Waals surface area contributed by atoms with E-state index in [1.807, 2.05) is 6.07 Å². The van der Waals surface area contributed by atoms with E-state index in [0.29, 0.717) is 17.1 Å². The van der Waals surface area contributed by atoms with Crippen LogP contribution in [0.25, 0.3) is 0 Å². The van der Waals surface area contributed by atoms with Crippen LogP contribution in [0.3, 0.4) is 0 Å². The molecule has 4 nitrogen and oxygen atoms in total. The van der Waals surface area contributed by atoms with E-state index < -0.39 is 6.09 Å². The Bertz CT molecular complexity index is 345. The number of hydrogen-bond acceptors (Lipinski definition) is 3. The quantitative estimate of drug-likeness (QED) is 0.806. The summed E-state index contributed by atoms with van der Waals surface area (Å²) in [5.41, 5.74) is 11.9. The minimum atomic E-state index is -0.786. The van der Waals surface area contributed by atoms with Crippen molar-refractivity contribution in [3.05, 3.63) is 28.8 Å². The number of carbonyl (C=O) groups is 1. The number of benzene rings is 1. The van der Waals surface area contributed by atoms with Crippen LogP contribution in [0.5, 0.6) is 0 Å². The molecule has 0 unspecified atom stereocenters. The largest absolute Gasteiger partial charge is 0.449 e. The molecule has 1 rings (SSSR count). The summed E-state index contributed by atoms with van der Waals surface area (Å²) in [6, 6.07) is 5.32. The van der Waals surface area contributed by atoms with Gasteiger partial charge < -0.3 is 16.2 Å².